The van der Waals surface area contributed by atoms with E-state index in [0.717, 1.165) is 0 Å². The van der Waals surface area contributed by atoms with Crippen LogP contribution < -0.4 is 20.9 Å². The van der Waals surface area contributed by atoms with E-state index in [9.17, 15) is 16.8 Å². The Hall–Kier alpha value is -3.02. The first-order valence-corrected chi connectivity index (χ1v) is 10.3. The highest BCUT2D eigenvalue weighted by molar-refractivity contribution is 7.73. The van der Waals surface area contributed by atoms with Crippen LogP contribution in [0.2, 0.25) is 0 Å². The molecule has 0 aromatic heterocycles. The molecular weight excluding hydrogens is 420 g/mol. The molecular formula is C18H20N2O7S2. The van der Waals surface area contributed by atoms with Gasteiger partial charge in [0, 0.05) is 0 Å². The molecule has 2 aromatic rings. The quantitative estimate of drug-likeness (QED) is 0.338. The van der Waals surface area contributed by atoms with Crippen LogP contribution in [0.4, 0.5) is 11.4 Å². The summed E-state index contributed by atoms with van der Waals surface area (Å²) >= 11 is 0. The van der Waals surface area contributed by atoms with Gasteiger partial charge < -0.3 is 25.7 Å². The molecule has 0 amide bonds. The van der Waals surface area contributed by atoms with Gasteiger partial charge in [0.25, 0.3) is 0 Å². The van der Waals surface area contributed by atoms with Crippen LogP contribution in [-0.2, 0) is 25.3 Å². The molecule has 0 atom stereocenters. The predicted octanol–water partition coefficient (Wildman–Crippen LogP) is 0.384. The van der Waals surface area contributed by atoms with Crippen molar-refractivity contribution in [2.45, 2.75) is 0 Å². The van der Waals surface area contributed by atoms with Gasteiger partial charge in [-0.15, -0.1) is 0 Å². The fourth-order valence-corrected chi connectivity index (χ4v) is 3.51. The highest BCUT2D eigenvalue weighted by atomic mass is 32.2. The number of ether oxygens (including phenoxy) is 3. The monoisotopic (exact) mass is 440 g/mol. The van der Waals surface area contributed by atoms with Gasteiger partial charge in [0.1, 0.15) is 21.2 Å². The Kier molecular flexibility index (Phi) is 7.65. The number of nitrogen functional groups attached to an aromatic ring is 2. The van der Waals surface area contributed by atoms with Crippen molar-refractivity contribution in [1.82, 2.24) is 0 Å². The average molecular weight is 440 g/mol. The summed E-state index contributed by atoms with van der Waals surface area (Å²) in [4.78, 5) is -0.158. The van der Waals surface area contributed by atoms with Crippen LogP contribution in [0.5, 0.6) is 11.5 Å². The lowest BCUT2D eigenvalue weighted by Crippen LogP contribution is -2.18. The zero-order chi connectivity index (χ0) is 21.6. The number of rotatable bonds is 8. The van der Waals surface area contributed by atoms with Crippen molar-refractivity contribution in [1.29, 1.82) is 0 Å². The molecule has 156 valence electrons. The fourth-order valence-electron chi connectivity index (χ4n) is 2.51. The summed E-state index contributed by atoms with van der Waals surface area (Å²) in [6.45, 7) is -0.706. The number of hydrogen-bond acceptors (Lipinski definition) is 9. The van der Waals surface area contributed by atoms with Gasteiger partial charge in [-0.1, -0.05) is 0 Å². The molecule has 0 aliphatic heterocycles. The maximum absolute atomic E-state index is 11.6. The van der Waals surface area contributed by atoms with E-state index in [1.807, 2.05) is 0 Å². The first-order valence-electron chi connectivity index (χ1n) is 8.14. The number of methoxy groups -OCH3 is 2. The Morgan fingerprint density at radius 1 is 0.759 bits per heavy atom. The van der Waals surface area contributed by atoms with Crippen LogP contribution in [-0.4, -0.2) is 54.0 Å². The van der Waals surface area contributed by atoms with E-state index in [4.69, 9.17) is 25.7 Å². The lowest BCUT2D eigenvalue weighted by molar-refractivity contribution is 0.218. The molecule has 0 aliphatic carbocycles. The molecule has 2 rings (SSSR count). The molecule has 29 heavy (non-hydrogen) atoms. The molecule has 2 aromatic carbocycles. The molecule has 0 fully saturated rings. The molecule has 0 radical (unpaired) electrons. The van der Waals surface area contributed by atoms with E-state index in [1.165, 1.54) is 50.6 Å². The first kappa shape index (κ1) is 22.3. The average Bonchev–Trinajstić information content (AvgIpc) is 2.67. The van der Waals surface area contributed by atoms with E-state index >= 15 is 0 Å². The van der Waals surface area contributed by atoms with Crippen molar-refractivity contribution in [2.24, 2.45) is 0 Å². The molecule has 9 nitrogen and oxygen atoms in total. The highest BCUT2D eigenvalue weighted by Crippen LogP contribution is 2.23. The SMILES string of the molecule is COc1ccc(C(COCC(c2ccc(OC)c(N)c2)=S(=O)=O)=S(=O)=O)cc1N. The van der Waals surface area contributed by atoms with Gasteiger partial charge in [0.2, 0.25) is 20.6 Å². The minimum atomic E-state index is -2.60. The Morgan fingerprint density at radius 3 is 1.41 bits per heavy atom. The Labute approximate surface area is 170 Å². The standard InChI is InChI=1S/C18H20N2O7S2/c1-25-15-5-3-11(7-13(15)19)17(28(21)22)9-27-10-18(29(23)24)12-4-6-16(26-2)14(20)8-12/h3-8H,9-10,19-20H2,1-2H3. The number of hydrogen-bond donors (Lipinski definition) is 2. The third-order valence-corrected chi connectivity index (χ3v) is 5.48. The van der Waals surface area contributed by atoms with E-state index < -0.39 is 20.6 Å². The largest absolute Gasteiger partial charge is 0.495 e. The summed E-state index contributed by atoms with van der Waals surface area (Å²) in [5.74, 6) is 0.806. The molecule has 0 saturated carbocycles. The summed E-state index contributed by atoms with van der Waals surface area (Å²) in [5, 5.41) is 0. The lowest BCUT2D eigenvalue weighted by Gasteiger charge is -2.10. The zero-order valence-corrected chi connectivity index (χ0v) is 17.3. The van der Waals surface area contributed by atoms with Gasteiger partial charge >= 0.3 is 0 Å². The van der Waals surface area contributed by atoms with Gasteiger partial charge in [-0.3, -0.25) is 0 Å². The molecule has 0 unspecified atom stereocenters. The van der Waals surface area contributed by atoms with Crippen molar-refractivity contribution in [3.05, 3.63) is 47.5 Å². The summed E-state index contributed by atoms with van der Waals surface area (Å²) in [6.07, 6.45) is 0. The summed E-state index contributed by atoms with van der Waals surface area (Å²) in [6, 6.07) is 8.97. The van der Waals surface area contributed by atoms with Crippen LogP contribution in [0, 0.1) is 0 Å². The molecule has 0 bridgehead atoms. The molecule has 0 spiro atoms. The van der Waals surface area contributed by atoms with Crippen LogP contribution >= 0.6 is 0 Å². The second kappa shape index (κ2) is 9.96. The van der Waals surface area contributed by atoms with Gasteiger partial charge in [0.15, 0.2) is 0 Å². The van der Waals surface area contributed by atoms with Crippen molar-refractivity contribution in [2.75, 3.05) is 38.9 Å². The molecule has 4 N–H and O–H groups in total. The van der Waals surface area contributed by atoms with Gasteiger partial charge in [-0.25, -0.2) is 0 Å². The first-order chi connectivity index (χ1) is 13.8. The van der Waals surface area contributed by atoms with E-state index in [0.29, 0.717) is 22.6 Å². The Balaban J connectivity index is 2.22. The number of nitrogens with two attached hydrogens (primary N) is 2. The maximum Gasteiger partial charge on any atom is 0.220 e. The van der Waals surface area contributed by atoms with Crippen molar-refractivity contribution in [3.8, 4) is 11.5 Å². The number of benzene rings is 2. The molecule has 0 heterocycles. The summed E-state index contributed by atoms with van der Waals surface area (Å²) in [5.41, 5.74) is 12.8. The number of anilines is 2. The van der Waals surface area contributed by atoms with Crippen molar-refractivity contribution < 1.29 is 31.0 Å². The highest BCUT2D eigenvalue weighted by Gasteiger charge is 2.13. The fraction of sp³-hybridized carbons (Fsp3) is 0.222. The maximum atomic E-state index is 11.6. The second-order valence-electron chi connectivity index (χ2n) is 5.72. The van der Waals surface area contributed by atoms with E-state index in [-0.39, 0.29) is 34.3 Å². The van der Waals surface area contributed by atoms with Crippen LogP contribution in [0.25, 0.3) is 0 Å². The van der Waals surface area contributed by atoms with Gasteiger partial charge in [-0.2, -0.15) is 16.8 Å². The topological polar surface area (TPSA) is 148 Å². The van der Waals surface area contributed by atoms with Crippen molar-refractivity contribution in [3.63, 3.8) is 0 Å². The third kappa shape index (κ3) is 5.50. The summed E-state index contributed by atoms with van der Waals surface area (Å²) < 4.78 is 61.9. The molecule has 0 saturated heterocycles. The lowest BCUT2D eigenvalue weighted by atomic mass is 10.1. The van der Waals surface area contributed by atoms with Crippen molar-refractivity contribution >= 4 is 41.7 Å². The van der Waals surface area contributed by atoms with Gasteiger partial charge in [0.05, 0.1) is 38.8 Å². The Bertz CT molecular complexity index is 1080. The second-order valence-corrected chi connectivity index (χ2v) is 7.65. The molecule has 0 aliphatic rings. The zero-order valence-electron chi connectivity index (χ0n) is 15.7. The summed E-state index contributed by atoms with van der Waals surface area (Å²) in [7, 11) is -2.32. The minimum Gasteiger partial charge on any atom is -0.495 e. The predicted molar refractivity (Wildman–Crippen MR) is 112 cm³/mol. The smallest absolute Gasteiger partial charge is 0.220 e. The third-order valence-electron chi connectivity index (χ3n) is 3.97. The minimum absolute atomic E-state index is 0.0790. The van der Waals surface area contributed by atoms with Gasteiger partial charge in [-0.05, 0) is 47.5 Å². The van der Waals surface area contributed by atoms with Crippen LogP contribution in [0.3, 0.4) is 0 Å². The van der Waals surface area contributed by atoms with Crippen LogP contribution in [0.15, 0.2) is 36.4 Å². The normalized spacial score (nSPS) is 10.3. The van der Waals surface area contributed by atoms with Crippen LogP contribution in [0.1, 0.15) is 11.1 Å². The van der Waals surface area contributed by atoms with E-state index in [2.05, 4.69) is 0 Å². The molecule has 11 heteroatoms. The Morgan fingerprint density at radius 2 is 1.14 bits per heavy atom. The van der Waals surface area contributed by atoms with E-state index in [1.54, 1.807) is 0 Å².